The number of nitrogens with two attached hydrogens (primary N) is 1. The third-order valence-electron chi connectivity index (χ3n) is 0. The summed E-state index contributed by atoms with van der Waals surface area (Å²) in [7, 11) is -9.56. The van der Waals surface area contributed by atoms with Crippen molar-refractivity contribution in [1.29, 1.82) is 0 Å². The molecule has 0 atom stereocenters. The molecule has 0 aliphatic carbocycles. The molecule has 64 valence electrons. The van der Waals surface area contributed by atoms with Crippen LogP contribution in [-0.2, 0) is 14.9 Å². The smallest absolute Gasteiger partial charge is 0.822 e. The summed E-state index contributed by atoms with van der Waals surface area (Å²) in [4.78, 5) is 25.6. The van der Waals surface area contributed by atoms with Crippen LogP contribution >= 0.6 is 7.82 Å². The van der Waals surface area contributed by atoms with E-state index in [1.165, 1.54) is 0 Å². The molecule has 3 N–H and O–H groups in total. The Morgan fingerprint density at radius 2 is 1.08 bits per heavy atom. The van der Waals surface area contributed by atoms with Gasteiger partial charge in [0, 0.05) is 0 Å². The van der Waals surface area contributed by atoms with Crippen molar-refractivity contribution in [3.8, 4) is 0 Å². The van der Waals surface area contributed by atoms with E-state index >= 15 is 0 Å². The zero-order chi connectivity index (χ0) is 9.00. The van der Waals surface area contributed by atoms with Crippen LogP contribution in [0, 0.1) is 0 Å². The number of hydrogen-bond acceptors (Lipinski definition) is 6. The molecule has 0 spiro atoms. The van der Waals surface area contributed by atoms with Gasteiger partial charge in [0.15, 0.2) is 0 Å². The van der Waals surface area contributed by atoms with Crippen molar-refractivity contribution >= 4 is 18.1 Å². The molecule has 0 aromatic rings. The van der Waals surface area contributed by atoms with Crippen molar-refractivity contribution in [2.24, 2.45) is 5.14 Å². The van der Waals surface area contributed by atoms with E-state index in [1.54, 1.807) is 0 Å². The zero-order valence-electron chi connectivity index (χ0n) is 7.33. The summed E-state index contributed by atoms with van der Waals surface area (Å²) < 4.78 is 33.8. The number of rotatable bonds is 0. The van der Waals surface area contributed by atoms with Crippen LogP contribution < -0.4 is 108 Å². The Morgan fingerprint density at radius 1 is 1.08 bits per heavy atom. The minimum Gasteiger partial charge on any atom is -0.822 e. The first-order chi connectivity index (χ1) is 4.00. The maximum absolute atomic E-state index is 8.97. The Labute approximate surface area is 142 Å². The molecule has 0 aliphatic rings. The molecule has 0 radical (unpaired) electrons. The second-order valence-corrected chi connectivity index (χ2v) is 2.89. The maximum Gasteiger partial charge on any atom is 1.00 e. The summed E-state index contributed by atoms with van der Waals surface area (Å²) in [5.41, 5.74) is 0. The molecular formula is H3NNa3O7PS. The van der Waals surface area contributed by atoms with Crippen molar-refractivity contribution in [2.45, 2.75) is 0 Å². The quantitative estimate of drug-likeness (QED) is 0.248. The van der Waals surface area contributed by atoms with Crippen LogP contribution in [0.1, 0.15) is 0 Å². The molecule has 0 aromatic carbocycles. The molecule has 0 fully saturated rings. The molecule has 0 bridgehead atoms. The second-order valence-electron chi connectivity index (χ2n) is 0.962. The SMILES string of the molecule is NS(=O)(=O)O.O=P([O-])([O-])[O-].[Na+].[Na+].[Na+]. The van der Waals surface area contributed by atoms with Gasteiger partial charge in [0.1, 0.15) is 0 Å². The van der Waals surface area contributed by atoms with Gasteiger partial charge in [-0.15, -0.1) is 0 Å². The molecule has 0 amide bonds. The van der Waals surface area contributed by atoms with E-state index in [0.29, 0.717) is 0 Å². The van der Waals surface area contributed by atoms with Crippen LogP contribution in [0.2, 0.25) is 0 Å². The first kappa shape index (κ1) is 29.7. The first-order valence-electron chi connectivity index (χ1n) is 1.48. The van der Waals surface area contributed by atoms with Crippen molar-refractivity contribution in [1.82, 2.24) is 0 Å². The van der Waals surface area contributed by atoms with Gasteiger partial charge in [-0.2, -0.15) is 16.2 Å². The van der Waals surface area contributed by atoms with E-state index in [2.05, 4.69) is 5.14 Å². The minimum atomic E-state index is -5.39. The van der Waals surface area contributed by atoms with Crippen LogP contribution in [0.5, 0.6) is 0 Å². The van der Waals surface area contributed by atoms with E-state index in [9.17, 15) is 0 Å². The monoisotopic (exact) mass is 261 g/mol. The summed E-state index contributed by atoms with van der Waals surface area (Å²) in [5, 5.41) is 3.88. The van der Waals surface area contributed by atoms with Crippen molar-refractivity contribution in [2.75, 3.05) is 0 Å². The van der Waals surface area contributed by atoms with Gasteiger partial charge in [-0.1, -0.05) is 0 Å². The third-order valence-corrected chi connectivity index (χ3v) is 0. The summed E-state index contributed by atoms with van der Waals surface area (Å²) in [5.74, 6) is 0. The maximum atomic E-state index is 8.97. The fraction of sp³-hybridized carbons (Fsp3) is 0. The van der Waals surface area contributed by atoms with E-state index < -0.39 is 18.1 Å². The van der Waals surface area contributed by atoms with E-state index in [-0.39, 0.29) is 88.7 Å². The normalized spacial score (nSPS) is 9.00. The van der Waals surface area contributed by atoms with Gasteiger partial charge in [-0.3, -0.25) is 4.55 Å². The molecule has 0 rings (SSSR count). The van der Waals surface area contributed by atoms with E-state index in [1.807, 2.05) is 0 Å². The molecule has 0 saturated heterocycles. The third kappa shape index (κ3) is 284. The van der Waals surface area contributed by atoms with E-state index in [4.69, 9.17) is 32.2 Å². The fourth-order valence-electron chi connectivity index (χ4n) is 0. The van der Waals surface area contributed by atoms with Crippen LogP contribution in [-0.4, -0.2) is 13.0 Å². The van der Waals surface area contributed by atoms with Gasteiger partial charge in [-0.05, 0) is 0 Å². The van der Waals surface area contributed by atoms with Gasteiger partial charge in [-0.25, -0.2) is 5.14 Å². The van der Waals surface area contributed by atoms with Crippen molar-refractivity contribution in [3.05, 3.63) is 0 Å². The van der Waals surface area contributed by atoms with Crippen LogP contribution in [0.3, 0.4) is 0 Å². The second kappa shape index (κ2) is 13.0. The summed E-state index contributed by atoms with van der Waals surface area (Å²) >= 11 is 0. The predicted molar refractivity (Wildman–Crippen MR) is 23.3 cm³/mol. The minimum absolute atomic E-state index is 0. The molecule has 0 heterocycles. The van der Waals surface area contributed by atoms with Gasteiger partial charge in [0.2, 0.25) is 0 Å². The van der Waals surface area contributed by atoms with Crippen LogP contribution in [0.4, 0.5) is 0 Å². The summed E-state index contributed by atoms with van der Waals surface area (Å²) in [6.45, 7) is 0. The molecule has 0 saturated carbocycles. The molecule has 0 aromatic heterocycles. The zero-order valence-corrected chi connectivity index (χ0v) is 15.0. The Morgan fingerprint density at radius 3 is 1.08 bits per heavy atom. The number of phosphoric acid groups is 1. The topological polar surface area (TPSA) is 167 Å². The van der Waals surface area contributed by atoms with Crippen LogP contribution in [0.15, 0.2) is 0 Å². The molecule has 8 nitrogen and oxygen atoms in total. The average molecular weight is 261 g/mol. The van der Waals surface area contributed by atoms with Crippen LogP contribution in [0.25, 0.3) is 0 Å². The van der Waals surface area contributed by atoms with Gasteiger partial charge < -0.3 is 19.2 Å². The Balaban J connectivity index is -0.0000000267. The van der Waals surface area contributed by atoms with Gasteiger partial charge >= 0.3 is 99.0 Å². The first-order valence-corrected chi connectivity index (χ1v) is 4.45. The molecule has 13 heavy (non-hydrogen) atoms. The molecule has 13 heteroatoms. The molecule has 0 unspecified atom stereocenters. The van der Waals surface area contributed by atoms with Crippen molar-refractivity contribution in [3.63, 3.8) is 0 Å². The predicted octanol–water partition coefficient (Wildman–Crippen LogP) is -13.1. The Kier molecular flexibility index (Phi) is 29.9. The standard InChI is InChI=1S/H3NO3S.3Na.H3O4P/c1-5(2,3)4;;;;1-5(2,3)4/h(H3,1,2,3,4);;;;(H3,1,2,3,4)/q;3*+1;/p-3. The van der Waals surface area contributed by atoms with E-state index in [0.717, 1.165) is 0 Å². The Hall–Kier alpha value is 2.98. The summed E-state index contributed by atoms with van der Waals surface area (Å²) in [6, 6.07) is 0. The Bertz CT molecular complexity index is 202. The molecule has 0 aliphatic heterocycles. The van der Waals surface area contributed by atoms with Crippen molar-refractivity contribution < 1.29 is 121 Å². The van der Waals surface area contributed by atoms with Gasteiger partial charge in [0.25, 0.3) is 0 Å². The summed E-state index contributed by atoms with van der Waals surface area (Å²) in [6.07, 6.45) is 0. The number of hydrogen-bond donors (Lipinski definition) is 2. The molecular weight excluding hydrogens is 258 g/mol. The average Bonchev–Trinajstić information content (AvgIpc) is 1.12. The van der Waals surface area contributed by atoms with Gasteiger partial charge in [0.05, 0.1) is 0 Å². The fourth-order valence-corrected chi connectivity index (χ4v) is 0. The largest absolute Gasteiger partial charge is 1.00 e.